The van der Waals surface area contributed by atoms with Crippen molar-refractivity contribution in [1.29, 1.82) is 0 Å². The van der Waals surface area contributed by atoms with Crippen LogP contribution in [0.3, 0.4) is 0 Å². The lowest BCUT2D eigenvalue weighted by atomic mass is 10.1. The predicted molar refractivity (Wildman–Crippen MR) is 69.9 cm³/mol. The molecular formula is C12H18N4S. The normalized spacial score (nSPS) is 12.8. The summed E-state index contributed by atoms with van der Waals surface area (Å²) in [6.45, 7) is 2.99. The van der Waals surface area contributed by atoms with Crippen LogP contribution in [0.5, 0.6) is 0 Å². The third kappa shape index (κ3) is 3.38. The maximum atomic E-state index is 6.00. The lowest BCUT2D eigenvalue weighted by molar-refractivity contribution is 0.590. The van der Waals surface area contributed by atoms with Crippen LogP contribution in [-0.4, -0.2) is 15.0 Å². The summed E-state index contributed by atoms with van der Waals surface area (Å²) >= 11 is 1.78. The highest BCUT2D eigenvalue weighted by atomic mass is 32.1. The Kier molecular flexibility index (Phi) is 4.28. The molecule has 2 rings (SSSR count). The average molecular weight is 250 g/mol. The number of rotatable bonds is 6. The van der Waals surface area contributed by atoms with Crippen molar-refractivity contribution in [2.24, 2.45) is 5.73 Å². The lowest BCUT2D eigenvalue weighted by Gasteiger charge is -2.04. The molecule has 0 aliphatic carbocycles. The zero-order chi connectivity index (χ0) is 12.1. The molecule has 0 fully saturated rings. The first kappa shape index (κ1) is 12.3. The molecule has 1 unspecified atom stereocenters. The summed E-state index contributed by atoms with van der Waals surface area (Å²) in [6.07, 6.45) is 5.00. The van der Waals surface area contributed by atoms with Crippen molar-refractivity contribution in [1.82, 2.24) is 15.0 Å². The van der Waals surface area contributed by atoms with Crippen molar-refractivity contribution in [2.75, 3.05) is 0 Å². The van der Waals surface area contributed by atoms with E-state index in [0.717, 1.165) is 31.5 Å². The molecule has 0 bridgehead atoms. The molecule has 0 spiro atoms. The van der Waals surface area contributed by atoms with Gasteiger partial charge in [0.05, 0.1) is 17.9 Å². The third-order valence-corrected chi connectivity index (χ3v) is 3.64. The van der Waals surface area contributed by atoms with Crippen molar-refractivity contribution >= 4 is 11.3 Å². The molecule has 0 amide bonds. The molecule has 0 saturated carbocycles. The van der Waals surface area contributed by atoms with Crippen LogP contribution in [0.4, 0.5) is 0 Å². The van der Waals surface area contributed by atoms with E-state index < -0.39 is 0 Å². The van der Waals surface area contributed by atoms with Crippen LogP contribution in [0.25, 0.3) is 0 Å². The zero-order valence-electron chi connectivity index (χ0n) is 10.0. The molecular weight excluding hydrogens is 232 g/mol. The Hall–Kier alpha value is -1.20. The standard InChI is InChI=1S/C12H18N4S/c1-2-4-11(13)12-9-16(15-14-12)7-6-10-5-3-8-17-10/h3,5,8-9,11H,2,4,6-7,13H2,1H3. The van der Waals surface area contributed by atoms with E-state index in [4.69, 9.17) is 5.73 Å². The monoisotopic (exact) mass is 250 g/mol. The number of nitrogens with zero attached hydrogens (tertiary/aromatic N) is 3. The Morgan fingerprint density at radius 3 is 3.12 bits per heavy atom. The van der Waals surface area contributed by atoms with E-state index in [0.29, 0.717) is 0 Å². The molecule has 5 heteroatoms. The summed E-state index contributed by atoms with van der Waals surface area (Å²) in [5, 5.41) is 10.3. The van der Waals surface area contributed by atoms with Crippen LogP contribution in [0.15, 0.2) is 23.7 Å². The smallest absolute Gasteiger partial charge is 0.0994 e. The van der Waals surface area contributed by atoms with Gasteiger partial charge in [0.25, 0.3) is 0 Å². The number of hydrogen-bond donors (Lipinski definition) is 1. The van der Waals surface area contributed by atoms with Crippen LogP contribution in [-0.2, 0) is 13.0 Å². The zero-order valence-corrected chi connectivity index (χ0v) is 10.9. The van der Waals surface area contributed by atoms with Crippen molar-refractivity contribution in [3.05, 3.63) is 34.3 Å². The van der Waals surface area contributed by atoms with Crippen LogP contribution in [0.1, 0.15) is 36.4 Å². The summed E-state index contributed by atoms with van der Waals surface area (Å²) in [6, 6.07) is 4.24. The van der Waals surface area contributed by atoms with Crippen LogP contribution < -0.4 is 5.73 Å². The van der Waals surface area contributed by atoms with E-state index in [1.165, 1.54) is 4.88 Å². The van der Waals surface area contributed by atoms with Gasteiger partial charge < -0.3 is 5.73 Å². The molecule has 0 radical (unpaired) electrons. The van der Waals surface area contributed by atoms with Gasteiger partial charge in [-0.15, -0.1) is 16.4 Å². The van der Waals surface area contributed by atoms with Crippen molar-refractivity contribution in [3.8, 4) is 0 Å². The van der Waals surface area contributed by atoms with Gasteiger partial charge in [-0.25, -0.2) is 0 Å². The van der Waals surface area contributed by atoms with Gasteiger partial charge in [0.15, 0.2) is 0 Å². The second-order valence-electron chi connectivity index (χ2n) is 4.13. The van der Waals surface area contributed by atoms with E-state index in [-0.39, 0.29) is 6.04 Å². The average Bonchev–Trinajstić information content (AvgIpc) is 2.98. The number of aryl methyl sites for hydroxylation is 2. The van der Waals surface area contributed by atoms with Crippen LogP contribution in [0, 0.1) is 0 Å². The first-order chi connectivity index (χ1) is 8.29. The number of nitrogens with two attached hydrogens (primary N) is 1. The molecule has 0 aliphatic heterocycles. The largest absolute Gasteiger partial charge is 0.323 e. The number of hydrogen-bond acceptors (Lipinski definition) is 4. The summed E-state index contributed by atoms with van der Waals surface area (Å²) in [4.78, 5) is 1.37. The Morgan fingerprint density at radius 2 is 2.41 bits per heavy atom. The third-order valence-electron chi connectivity index (χ3n) is 2.70. The summed E-state index contributed by atoms with van der Waals surface area (Å²) < 4.78 is 1.88. The Balaban J connectivity index is 1.89. The highest BCUT2D eigenvalue weighted by Crippen LogP contribution is 2.13. The molecule has 17 heavy (non-hydrogen) atoms. The van der Waals surface area contributed by atoms with Crippen molar-refractivity contribution < 1.29 is 0 Å². The van der Waals surface area contributed by atoms with Gasteiger partial charge in [-0.2, -0.15) is 0 Å². The van der Waals surface area contributed by atoms with Crippen molar-refractivity contribution in [2.45, 2.75) is 38.8 Å². The molecule has 2 heterocycles. The molecule has 0 aromatic carbocycles. The van der Waals surface area contributed by atoms with Gasteiger partial charge in [0.2, 0.25) is 0 Å². The molecule has 2 N–H and O–H groups in total. The minimum atomic E-state index is 0.0236. The predicted octanol–water partition coefficient (Wildman–Crippen LogP) is 2.38. The van der Waals surface area contributed by atoms with Gasteiger partial charge in [-0.3, -0.25) is 4.68 Å². The SMILES string of the molecule is CCCC(N)c1cn(CCc2cccs2)nn1. The Bertz CT molecular complexity index is 435. The first-order valence-electron chi connectivity index (χ1n) is 5.97. The molecule has 0 saturated heterocycles. The van der Waals surface area contributed by atoms with E-state index in [1.54, 1.807) is 11.3 Å². The Morgan fingerprint density at radius 1 is 1.53 bits per heavy atom. The van der Waals surface area contributed by atoms with Crippen LogP contribution >= 0.6 is 11.3 Å². The van der Waals surface area contributed by atoms with Gasteiger partial charge in [0, 0.05) is 17.8 Å². The van der Waals surface area contributed by atoms with Crippen molar-refractivity contribution in [3.63, 3.8) is 0 Å². The molecule has 2 aromatic heterocycles. The number of aromatic nitrogens is 3. The quantitative estimate of drug-likeness (QED) is 0.856. The highest BCUT2D eigenvalue weighted by Gasteiger charge is 2.09. The van der Waals surface area contributed by atoms with E-state index in [1.807, 2.05) is 10.9 Å². The van der Waals surface area contributed by atoms with E-state index in [2.05, 4.69) is 34.7 Å². The second kappa shape index (κ2) is 5.93. The summed E-state index contributed by atoms with van der Waals surface area (Å²) in [7, 11) is 0. The molecule has 2 aromatic rings. The first-order valence-corrected chi connectivity index (χ1v) is 6.85. The topological polar surface area (TPSA) is 56.7 Å². The minimum absolute atomic E-state index is 0.0236. The fourth-order valence-corrected chi connectivity index (χ4v) is 2.43. The number of thiophene rings is 1. The Labute approximate surface area is 105 Å². The van der Waals surface area contributed by atoms with Gasteiger partial charge in [-0.1, -0.05) is 24.6 Å². The maximum absolute atomic E-state index is 6.00. The molecule has 1 atom stereocenters. The van der Waals surface area contributed by atoms with E-state index >= 15 is 0 Å². The minimum Gasteiger partial charge on any atom is -0.323 e. The van der Waals surface area contributed by atoms with Gasteiger partial charge in [0.1, 0.15) is 0 Å². The fourth-order valence-electron chi connectivity index (χ4n) is 1.73. The summed E-state index contributed by atoms with van der Waals surface area (Å²) in [5.74, 6) is 0. The molecule has 92 valence electrons. The molecule has 4 nitrogen and oxygen atoms in total. The fraction of sp³-hybridized carbons (Fsp3) is 0.500. The van der Waals surface area contributed by atoms with E-state index in [9.17, 15) is 0 Å². The van der Waals surface area contributed by atoms with Gasteiger partial charge >= 0.3 is 0 Å². The van der Waals surface area contributed by atoms with Crippen LogP contribution in [0.2, 0.25) is 0 Å². The summed E-state index contributed by atoms with van der Waals surface area (Å²) in [5.41, 5.74) is 6.90. The van der Waals surface area contributed by atoms with Gasteiger partial charge in [-0.05, 0) is 17.9 Å². The second-order valence-corrected chi connectivity index (χ2v) is 5.16. The lowest BCUT2D eigenvalue weighted by Crippen LogP contribution is -2.10. The molecule has 0 aliphatic rings. The highest BCUT2D eigenvalue weighted by molar-refractivity contribution is 7.09. The maximum Gasteiger partial charge on any atom is 0.0994 e.